The van der Waals surface area contributed by atoms with Crippen LogP contribution in [0.3, 0.4) is 0 Å². The third kappa shape index (κ3) is 6.22. The predicted octanol–water partition coefficient (Wildman–Crippen LogP) is 4.83. The smallest absolute Gasteiger partial charge is 0.391 e. The van der Waals surface area contributed by atoms with Crippen molar-refractivity contribution >= 4 is 0 Å². The van der Waals surface area contributed by atoms with Gasteiger partial charge in [0.05, 0.1) is 12.5 Å². The van der Waals surface area contributed by atoms with Gasteiger partial charge < -0.3 is 9.30 Å². The summed E-state index contributed by atoms with van der Waals surface area (Å²) in [5.41, 5.74) is 0.914. The Hall–Kier alpha value is -3.60. The summed E-state index contributed by atoms with van der Waals surface area (Å²) < 4.78 is 47.1. The molecule has 1 fully saturated rings. The molecule has 1 atom stereocenters. The van der Waals surface area contributed by atoms with E-state index in [-0.39, 0.29) is 12.4 Å². The van der Waals surface area contributed by atoms with Crippen LogP contribution < -0.4 is 10.3 Å². The molecular weight excluding hydrogens is 431 g/mol. The van der Waals surface area contributed by atoms with E-state index in [0.717, 1.165) is 23.0 Å². The van der Waals surface area contributed by atoms with E-state index >= 15 is 0 Å². The van der Waals surface area contributed by atoms with Gasteiger partial charge in [0, 0.05) is 35.6 Å². The van der Waals surface area contributed by atoms with Crippen LogP contribution in [0.4, 0.5) is 13.2 Å². The topological polar surface area (TPSA) is 57.0 Å². The molecule has 0 aliphatic heterocycles. The molecule has 1 aliphatic rings. The molecule has 170 valence electrons. The highest BCUT2D eigenvalue weighted by atomic mass is 19.4. The number of aryl methyl sites for hydroxylation is 1. The summed E-state index contributed by atoms with van der Waals surface area (Å²) >= 11 is 0. The Kier molecular flexibility index (Phi) is 6.50. The van der Waals surface area contributed by atoms with Gasteiger partial charge >= 0.3 is 6.18 Å². The summed E-state index contributed by atoms with van der Waals surface area (Å²) in [4.78, 5) is 21.0. The maximum absolute atomic E-state index is 13.4. The molecule has 5 nitrogen and oxygen atoms in total. The fourth-order valence-corrected chi connectivity index (χ4v) is 3.50. The Labute approximate surface area is 189 Å². The predicted molar refractivity (Wildman–Crippen MR) is 117 cm³/mol. The molecule has 2 heterocycles. The van der Waals surface area contributed by atoms with Crippen LogP contribution in [0, 0.1) is 24.7 Å². The lowest BCUT2D eigenvalue weighted by atomic mass is 10.0. The highest BCUT2D eigenvalue weighted by Gasteiger charge is 2.34. The van der Waals surface area contributed by atoms with Gasteiger partial charge in [-0.1, -0.05) is 24.0 Å². The molecule has 0 radical (unpaired) electrons. The summed E-state index contributed by atoms with van der Waals surface area (Å²) in [6.07, 6.45) is -0.295. The minimum atomic E-state index is -4.46. The van der Waals surface area contributed by atoms with Gasteiger partial charge in [0.25, 0.3) is 5.56 Å². The third-order valence-electron chi connectivity index (χ3n) is 5.25. The molecule has 8 heteroatoms. The minimum Gasteiger partial charge on any atom is -0.485 e. The summed E-state index contributed by atoms with van der Waals surface area (Å²) in [5.74, 6) is 7.29. The van der Waals surface area contributed by atoms with Gasteiger partial charge in [-0.2, -0.15) is 13.2 Å². The number of halogens is 3. The Balaban J connectivity index is 1.61. The zero-order valence-corrected chi connectivity index (χ0v) is 18.0. The molecule has 1 unspecified atom stereocenters. The number of alkyl halides is 3. The number of ether oxygens (including phenoxy) is 1. The first-order valence-corrected chi connectivity index (χ1v) is 10.6. The number of nitrogens with zero attached hydrogens (tertiary/aromatic N) is 3. The van der Waals surface area contributed by atoms with Crippen LogP contribution in [0.25, 0.3) is 0 Å². The summed E-state index contributed by atoms with van der Waals surface area (Å²) in [7, 11) is 0. The van der Waals surface area contributed by atoms with Gasteiger partial charge in [-0.05, 0) is 49.6 Å². The maximum Gasteiger partial charge on any atom is 0.391 e. The van der Waals surface area contributed by atoms with Gasteiger partial charge in [-0.3, -0.25) is 4.79 Å². The summed E-state index contributed by atoms with van der Waals surface area (Å²) in [6, 6.07) is 9.82. The molecule has 0 bridgehead atoms. The van der Waals surface area contributed by atoms with Crippen molar-refractivity contribution in [1.29, 1.82) is 0 Å². The van der Waals surface area contributed by atoms with Crippen molar-refractivity contribution in [3.05, 3.63) is 87.9 Å². The number of hydrogen-bond acceptors (Lipinski definition) is 4. The largest absolute Gasteiger partial charge is 0.485 e. The van der Waals surface area contributed by atoms with Crippen molar-refractivity contribution in [2.45, 2.75) is 45.0 Å². The van der Waals surface area contributed by atoms with Crippen LogP contribution in [-0.2, 0) is 6.61 Å². The van der Waals surface area contributed by atoms with Crippen LogP contribution in [0.15, 0.2) is 59.7 Å². The summed E-state index contributed by atoms with van der Waals surface area (Å²) in [5, 5.41) is 0. The normalized spacial score (nSPS) is 14.3. The molecule has 4 rings (SSSR count). The van der Waals surface area contributed by atoms with E-state index in [1.165, 1.54) is 6.07 Å². The van der Waals surface area contributed by atoms with Gasteiger partial charge in [0.15, 0.2) is 5.82 Å². The molecule has 2 aromatic heterocycles. The third-order valence-corrected chi connectivity index (χ3v) is 5.25. The molecule has 0 spiro atoms. The second-order valence-corrected chi connectivity index (χ2v) is 8.00. The number of hydrogen-bond donors (Lipinski definition) is 0. The highest BCUT2D eigenvalue weighted by Crippen LogP contribution is 2.33. The van der Waals surface area contributed by atoms with E-state index in [0.29, 0.717) is 23.0 Å². The Morgan fingerprint density at radius 3 is 2.45 bits per heavy atom. The van der Waals surface area contributed by atoms with Gasteiger partial charge in [-0.25, -0.2) is 9.97 Å². The average molecular weight is 453 g/mol. The first-order chi connectivity index (χ1) is 15.8. The lowest BCUT2D eigenvalue weighted by molar-refractivity contribution is -0.140. The van der Waals surface area contributed by atoms with Crippen molar-refractivity contribution in [2.75, 3.05) is 0 Å². The minimum absolute atomic E-state index is 0.0407. The Morgan fingerprint density at radius 2 is 1.85 bits per heavy atom. The standard InChI is InChI=1S/C25H22F3N3O2/c1-17-13-21(33-16-23-29-11-2-12-30-23)14-24(32)31(17)22(15-25(26,27)28)20-9-7-19(8-10-20)6-5-18-3-4-18/h2,7-14,18,22H,3-4,15-16H2,1H3. The van der Waals surface area contributed by atoms with E-state index in [1.54, 1.807) is 55.7 Å². The van der Waals surface area contributed by atoms with Crippen LogP contribution in [0.2, 0.25) is 0 Å². The molecule has 1 saturated carbocycles. The molecular formula is C25H22F3N3O2. The zero-order valence-electron chi connectivity index (χ0n) is 18.0. The first-order valence-electron chi connectivity index (χ1n) is 10.6. The fraction of sp³-hybridized carbons (Fsp3) is 0.320. The number of rotatable bonds is 6. The monoisotopic (exact) mass is 453 g/mol. The van der Waals surface area contributed by atoms with E-state index in [9.17, 15) is 18.0 Å². The van der Waals surface area contributed by atoms with Gasteiger partial charge in [0.1, 0.15) is 12.4 Å². The second kappa shape index (κ2) is 9.49. The van der Waals surface area contributed by atoms with Crippen LogP contribution in [0.1, 0.15) is 47.9 Å². The second-order valence-electron chi connectivity index (χ2n) is 8.00. The molecule has 1 aromatic carbocycles. The Morgan fingerprint density at radius 1 is 1.15 bits per heavy atom. The lowest BCUT2D eigenvalue weighted by Gasteiger charge is -2.24. The van der Waals surface area contributed by atoms with E-state index < -0.39 is 24.2 Å². The van der Waals surface area contributed by atoms with Crippen molar-refractivity contribution in [3.63, 3.8) is 0 Å². The highest BCUT2D eigenvalue weighted by molar-refractivity contribution is 5.38. The van der Waals surface area contributed by atoms with Crippen molar-refractivity contribution in [1.82, 2.24) is 14.5 Å². The SMILES string of the molecule is Cc1cc(OCc2ncccn2)cc(=O)n1C(CC(F)(F)F)c1ccc(C#CC2CC2)cc1. The van der Waals surface area contributed by atoms with Crippen molar-refractivity contribution in [3.8, 4) is 17.6 Å². The van der Waals surface area contributed by atoms with E-state index in [2.05, 4.69) is 21.8 Å². The van der Waals surface area contributed by atoms with Gasteiger partial charge in [0.2, 0.25) is 0 Å². The zero-order chi connectivity index (χ0) is 23.4. The van der Waals surface area contributed by atoms with Crippen molar-refractivity contribution < 1.29 is 17.9 Å². The molecule has 0 saturated heterocycles. The van der Waals surface area contributed by atoms with Crippen LogP contribution in [-0.4, -0.2) is 20.7 Å². The molecule has 33 heavy (non-hydrogen) atoms. The van der Waals surface area contributed by atoms with Gasteiger partial charge in [-0.15, -0.1) is 0 Å². The number of benzene rings is 1. The van der Waals surface area contributed by atoms with Crippen molar-refractivity contribution in [2.24, 2.45) is 5.92 Å². The molecule has 0 amide bonds. The number of aromatic nitrogens is 3. The Bertz CT molecular complexity index is 1220. The first kappa shape index (κ1) is 22.6. The maximum atomic E-state index is 13.4. The number of pyridine rings is 1. The molecule has 1 aliphatic carbocycles. The lowest BCUT2D eigenvalue weighted by Crippen LogP contribution is -2.30. The van der Waals surface area contributed by atoms with Crippen LogP contribution >= 0.6 is 0 Å². The van der Waals surface area contributed by atoms with Crippen LogP contribution in [0.5, 0.6) is 5.75 Å². The summed E-state index contributed by atoms with van der Waals surface area (Å²) in [6.45, 7) is 1.63. The molecule has 3 aromatic rings. The molecule has 0 N–H and O–H groups in total. The van der Waals surface area contributed by atoms with E-state index in [4.69, 9.17) is 4.74 Å². The average Bonchev–Trinajstić information content (AvgIpc) is 3.60. The van der Waals surface area contributed by atoms with E-state index in [1.807, 2.05) is 0 Å². The fourth-order valence-electron chi connectivity index (χ4n) is 3.50. The quantitative estimate of drug-likeness (QED) is 0.502.